The normalized spacial score (nSPS) is 24.3. The van der Waals surface area contributed by atoms with Crippen molar-refractivity contribution < 1.29 is 18.8 Å². The van der Waals surface area contributed by atoms with E-state index in [9.17, 15) is 14.3 Å². The van der Waals surface area contributed by atoms with E-state index in [0.29, 0.717) is 30.1 Å². The smallest absolute Gasteiger partial charge is 0.323 e. The molecule has 0 radical (unpaired) electrons. The first kappa shape index (κ1) is 19.7. The van der Waals surface area contributed by atoms with Crippen molar-refractivity contribution >= 4 is 17.3 Å². The molecule has 3 aromatic rings. The minimum Gasteiger partial charge on any atom is -0.480 e. The van der Waals surface area contributed by atoms with Crippen molar-refractivity contribution in [1.82, 2.24) is 20.4 Å². The van der Waals surface area contributed by atoms with Gasteiger partial charge in [0.05, 0.1) is 12.0 Å². The fourth-order valence-electron chi connectivity index (χ4n) is 3.98. The molecule has 2 N–H and O–H groups in total. The Morgan fingerprint density at radius 1 is 1.41 bits per heavy atom. The van der Waals surface area contributed by atoms with Crippen LogP contribution in [0.5, 0.6) is 0 Å². The second-order valence-corrected chi connectivity index (χ2v) is 8.68. The molecule has 1 fully saturated rings. The third-order valence-electron chi connectivity index (χ3n) is 5.15. The summed E-state index contributed by atoms with van der Waals surface area (Å²) >= 11 is 1.46. The Balaban J connectivity index is 1.70. The molecule has 0 aliphatic carbocycles. The number of carboxylic acid groups (broad SMARTS) is 1. The molecule has 0 amide bonds. The van der Waals surface area contributed by atoms with E-state index in [-0.39, 0.29) is 23.7 Å². The van der Waals surface area contributed by atoms with Crippen LogP contribution in [-0.4, -0.2) is 31.7 Å². The Hall–Kier alpha value is -2.65. The van der Waals surface area contributed by atoms with Gasteiger partial charge in [0.2, 0.25) is 11.7 Å². The number of aliphatic carboxylic acids is 1. The molecule has 3 heterocycles. The number of nitrogens with one attached hydrogen (secondary N) is 1. The molecular formula is C20H21FN4O3S. The number of thiazole rings is 1. The summed E-state index contributed by atoms with van der Waals surface area (Å²) in [6, 6.07) is 5.48. The van der Waals surface area contributed by atoms with Gasteiger partial charge in [0.15, 0.2) is 0 Å². The van der Waals surface area contributed by atoms with Crippen LogP contribution in [0.1, 0.15) is 49.5 Å². The van der Waals surface area contributed by atoms with E-state index in [0.717, 1.165) is 5.01 Å². The number of carbonyl (C=O) groups is 1. The zero-order valence-electron chi connectivity index (χ0n) is 16.0. The molecule has 1 aromatic carbocycles. The first-order valence-electron chi connectivity index (χ1n) is 9.38. The lowest BCUT2D eigenvalue weighted by molar-refractivity contribution is -0.145. The van der Waals surface area contributed by atoms with Gasteiger partial charge in [0, 0.05) is 17.1 Å². The molecule has 0 spiro atoms. The van der Waals surface area contributed by atoms with Gasteiger partial charge >= 0.3 is 5.97 Å². The summed E-state index contributed by atoms with van der Waals surface area (Å²) in [6.07, 6.45) is 2.48. The topological polar surface area (TPSA) is 101 Å². The van der Waals surface area contributed by atoms with Crippen molar-refractivity contribution in [3.63, 3.8) is 0 Å². The number of nitrogens with zero attached hydrogens (tertiary/aromatic N) is 3. The molecule has 3 atom stereocenters. The summed E-state index contributed by atoms with van der Waals surface area (Å²) in [6.45, 7) is 3.99. The van der Waals surface area contributed by atoms with Crippen LogP contribution >= 0.6 is 11.3 Å². The number of halogens is 1. The summed E-state index contributed by atoms with van der Waals surface area (Å²) in [4.78, 5) is 21.1. The Kier molecular flexibility index (Phi) is 5.18. The predicted molar refractivity (Wildman–Crippen MR) is 105 cm³/mol. The lowest BCUT2D eigenvalue weighted by atomic mass is 9.84. The third-order valence-corrected chi connectivity index (χ3v) is 6.01. The van der Waals surface area contributed by atoms with Gasteiger partial charge in [0.25, 0.3) is 0 Å². The first-order chi connectivity index (χ1) is 13.9. The molecule has 4 rings (SSSR count). The maximum atomic E-state index is 13.2. The Morgan fingerprint density at radius 3 is 2.79 bits per heavy atom. The highest BCUT2D eigenvalue weighted by molar-refractivity contribution is 7.09. The number of carboxylic acids is 1. The molecule has 1 aliphatic heterocycles. The fraction of sp³-hybridized carbons (Fsp3) is 0.400. The zero-order chi connectivity index (χ0) is 20.6. The number of benzene rings is 1. The van der Waals surface area contributed by atoms with E-state index in [1.807, 2.05) is 19.2 Å². The predicted octanol–water partition coefficient (Wildman–Crippen LogP) is 4.02. The van der Waals surface area contributed by atoms with Crippen molar-refractivity contribution in [2.45, 2.75) is 44.2 Å². The lowest BCUT2D eigenvalue weighted by Gasteiger charge is -2.27. The largest absolute Gasteiger partial charge is 0.480 e. The molecule has 1 saturated heterocycles. The first-order valence-corrected chi connectivity index (χ1v) is 10.3. The standard InChI is InChI=1S/C20H21FN4O3S/c1-11(2)9-20(19(26)27)10-14(15(24-20)18-22-7-8-29-18)17-23-16(25-28-17)12-3-5-13(21)6-4-12/h3-8,11,14-15,24H,9-10H2,1-2H3,(H,26,27)/t14-,15+,20-/m0/s1. The second-order valence-electron chi connectivity index (χ2n) is 7.75. The molecule has 29 heavy (non-hydrogen) atoms. The summed E-state index contributed by atoms with van der Waals surface area (Å²) < 4.78 is 18.7. The van der Waals surface area contributed by atoms with Crippen LogP contribution in [0, 0.1) is 11.7 Å². The lowest BCUT2D eigenvalue weighted by Crippen LogP contribution is -2.49. The Bertz CT molecular complexity index is 990. The number of aromatic nitrogens is 3. The van der Waals surface area contributed by atoms with Crippen LogP contribution in [0.4, 0.5) is 4.39 Å². The molecule has 1 aliphatic rings. The van der Waals surface area contributed by atoms with Crippen molar-refractivity contribution in [2.24, 2.45) is 5.92 Å². The van der Waals surface area contributed by atoms with E-state index in [2.05, 4.69) is 20.4 Å². The molecule has 2 aromatic heterocycles. The Labute approximate surface area is 171 Å². The van der Waals surface area contributed by atoms with Gasteiger partial charge in [-0.2, -0.15) is 4.98 Å². The summed E-state index contributed by atoms with van der Waals surface area (Å²) in [5, 5.41) is 20.0. The highest BCUT2D eigenvalue weighted by Gasteiger charge is 2.53. The van der Waals surface area contributed by atoms with Crippen molar-refractivity contribution in [3.8, 4) is 11.4 Å². The van der Waals surface area contributed by atoms with Crippen LogP contribution in [0.2, 0.25) is 0 Å². The van der Waals surface area contributed by atoms with Gasteiger partial charge in [-0.15, -0.1) is 11.3 Å². The molecular weight excluding hydrogens is 395 g/mol. The van der Waals surface area contributed by atoms with Crippen LogP contribution in [0.15, 0.2) is 40.4 Å². The van der Waals surface area contributed by atoms with Gasteiger partial charge < -0.3 is 9.63 Å². The van der Waals surface area contributed by atoms with E-state index in [1.54, 1.807) is 18.3 Å². The third kappa shape index (κ3) is 3.79. The van der Waals surface area contributed by atoms with Gasteiger partial charge in [-0.3, -0.25) is 10.1 Å². The van der Waals surface area contributed by atoms with Crippen molar-refractivity contribution in [3.05, 3.63) is 52.6 Å². The van der Waals surface area contributed by atoms with E-state index >= 15 is 0 Å². The maximum Gasteiger partial charge on any atom is 0.323 e. The average molecular weight is 416 g/mol. The Morgan fingerprint density at radius 2 is 2.17 bits per heavy atom. The zero-order valence-corrected chi connectivity index (χ0v) is 16.8. The van der Waals surface area contributed by atoms with Gasteiger partial charge in [-0.25, -0.2) is 9.37 Å². The van der Waals surface area contributed by atoms with E-state index in [4.69, 9.17) is 4.52 Å². The van der Waals surface area contributed by atoms with Crippen LogP contribution in [0.25, 0.3) is 11.4 Å². The van der Waals surface area contributed by atoms with E-state index in [1.165, 1.54) is 23.5 Å². The van der Waals surface area contributed by atoms with Crippen LogP contribution in [0.3, 0.4) is 0 Å². The molecule has 0 saturated carbocycles. The highest BCUT2D eigenvalue weighted by atomic mass is 32.1. The second kappa shape index (κ2) is 7.64. The van der Waals surface area contributed by atoms with E-state index < -0.39 is 11.5 Å². The quantitative estimate of drug-likeness (QED) is 0.626. The van der Waals surface area contributed by atoms with Crippen molar-refractivity contribution in [1.29, 1.82) is 0 Å². The number of hydrogen-bond donors (Lipinski definition) is 2. The average Bonchev–Trinajstić information content (AvgIpc) is 3.41. The molecule has 0 bridgehead atoms. The fourth-order valence-corrected chi connectivity index (χ4v) is 4.73. The van der Waals surface area contributed by atoms with Crippen LogP contribution < -0.4 is 5.32 Å². The molecule has 152 valence electrons. The summed E-state index contributed by atoms with van der Waals surface area (Å²) in [5.74, 6) is -0.697. The number of rotatable bonds is 6. The minimum absolute atomic E-state index is 0.187. The summed E-state index contributed by atoms with van der Waals surface area (Å²) in [7, 11) is 0. The van der Waals surface area contributed by atoms with Crippen molar-refractivity contribution in [2.75, 3.05) is 0 Å². The van der Waals surface area contributed by atoms with Gasteiger partial charge in [0.1, 0.15) is 16.4 Å². The van der Waals surface area contributed by atoms with Gasteiger partial charge in [-0.1, -0.05) is 19.0 Å². The molecule has 0 unspecified atom stereocenters. The SMILES string of the molecule is CC(C)C[C@@]1(C(=O)O)C[C@H](c2nc(-c3ccc(F)cc3)no2)[C@H](c2nccs2)N1. The van der Waals surface area contributed by atoms with Crippen LogP contribution in [-0.2, 0) is 4.79 Å². The molecule has 9 heteroatoms. The number of hydrogen-bond acceptors (Lipinski definition) is 7. The van der Waals surface area contributed by atoms with Gasteiger partial charge in [-0.05, 0) is 43.0 Å². The summed E-state index contributed by atoms with van der Waals surface area (Å²) in [5.41, 5.74) is -0.468. The monoisotopic (exact) mass is 416 g/mol. The minimum atomic E-state index is -1.10. The highest BCUT2D eigenvalue weighted by Crippen LogP contribution is 2.47. The maximum absolute atomic E-state index is 13.2. The molecule has 7 nitrogen and oxygen atoms in total.